The van der Waals surface area contributed by atoms with Crippen LogP contribution in [0.25, 0.3) is 0 Å². The fourth-order valence-corrected chi connectivity index (χ4v) is 1.41. The second kappa shape index (κ2) is 7.21. The van der Waals surface area contributed by atoms with Crippen molar-refractivity contribution in [1.29, 1.82) is 0 Å². The van der Waals surface area contributed by atoms with E-state index in [1.54, 1.807) is 31.3 Å². The summed E-state index contributed by atoms with van der Waals surface area (Å²) in [5.41, 5.74) is 0.434. The molecule has 0 aliphatic rings. The van der Waals surface area contributed by atoms with E-state index in [-0.39, 0.29) is 19.0 Å². The lowest BCUT2D eigenvalue weighted by molar-refractivity contribution is -0.143. The summed E-state index contributed by atoms with van der Waals surface area (Å²) < 4.78 is 4.82. The highest BCUT2D eigenvalue weighted by Crippen LogP contribution is 2.03. The van der Waals surface area contributed by atoms with Gasteiger partial charge in [-0.2, -0.15) is 0 Å². The Bertz CT molecular complexity index is 418. The van der Waals surface area contributed by atoms with Crippen LogP contribution in [0.5, 0.6) is 0 Å². The van der Waals surface area contributed by atoms with Gasteiger partial charge in [0.1, 0.15) is 6.54 Å². The number of carbonyl (C=O) groups is 2. The smallest absolute Gasteiger partial charge is 0.325 e. The molecular weight excluding hydrogens is 232 g/mol. The van der Waals surface area contributed by atoms with Crippen molar-refractivity contribution in [3.63, 3.8) is 0 Å². The number of carbonyl (C=O) groups excluding carboxylic acids is 2. The molecule has 0 spiro atoms. The Kier molecular flexibility index (Phi) is 5.57. The van der Waals surface area contributed by atoms with Crippen molar-refractivity contribution < 1.29 is 14.3 Å². The molecule has 0 aliphatic carbocycles. The van der Waals surface area contributed by atoms with Crippen molar-refractivity contribution in [2.75, 3.05) is 19.7 Å². The van der Waals surface area contributed by atoms with Gasteiger partial charge in [-0.3, -0.25) is 14.6 Å². The molecule has 0 aromatic carbocycles. The predicted octanol–water partition coefficient (Wildman–Crippen LogP) is 1.27. The summed E-state index contributed by atoms with van der Waals surface area (Å²) in [5, 5.41) is 0. The first-order chi connectivity index (χ1) is 8.69. The third-order valence-electron chi connectivity index (χ3n) is 2.17. The molecular formula is C13H16N2O3. The van der Waals surface area contributed by atoms with Gasteiger partial charge in [0.15, 0.2) is 0 Å². The lowest BCUT2D eigenvalue weighted by atomic mass is 10.2. The zero-order valence-corrected chi connectivity index (χ0v) is 10.3. The second-order valence-electron chi connectivity index (χ2n) is 3.52. The Morgan fingerprint density at radius 2 is 2.33 bits per heavy atom. The summed E-state index contributed by atoms with van der Waals surface area (Å²) in [4.78, 5) is 28.7. The zero-order chi connectivity index (χ0) is 13.4. The fraction of sp³-hybridized carbons (Fsp3) is 0.308. The fourth-order valence-electron chi connectivity index (χ4n) is 1.41. The summed E-state index contributed by atoms with van der Waals surface area (Å²) in [6.45, 7) is 5.78. The van der Waals surface area contributed by atoms with Crippen molar-refractivity contribution >= 4 is 11.9 Å². The quantitative estimate of drug-likeness (QED) is 0.562. The second-order valence-corrected chi connectivity index (χ2v) is 3.52. The molecule has 0 unspecified atom stereocenters. The molecule has 0 saturated heterocycles. The third kappa shape index (κ3) is 4.01. The Labute approximate surface area is 106 Å². The molecule has 1 rings (SSSR count). The number of hydrogen-bond acceptors (Lipinski definition) is 4. The highest BCUT2D eigenvalue weighted by molar-refractivity contribution is 5.95. The number of esters is 1. The maximum Gasteiger partial charge on any atom is 0.325 e. The average Bonchev–Trinajstić information content (AvgIpc) is 2.39. The van der Waals surface area contributed by atoms with Crippen molar-refractivity contribution in [3.05, 3.63) is 42.7 Å². The van der Waals surface area contributed by atoms with Gasteiger partial charge in [0.2, 0.25) is 0 Å². The molecule has 18 heavy (non-hydrogen) atoms. The number of nitrogens with zero attached hydrogens (tertiary/aromatic N) is 2. The molecule has 0 atom stereocenters. The largest absolute Gasteiger partial charge is 0.465 e. The lowest BCUT2D eigenvalue weighted by Gasteiger charge is -2.19. The molecule has 1 amide bonds. The summed E-state index contributed by atoms with van der Waals surface area (Å²) in [6.07, 6.45) is 4.61. The van der Waals surface area contributed by atoms with Crippen LogP contribution in [0.3, 0.4) is 0 Å². The van der Waals surface area contributed by atoms with Crippen LogP contribution in [0.2, 0.25) is 0 Å². The molecule has 1 heterocycles. The van der Waals surface area contributed by atoms with E-state index in [2.05, 4.69) is 11.6 Å². The molecule has 0 fully saturated rings. The van der Waals surface area contributed by atoms with E-state index in [1.165, 1.54) is 11.1 Å². The van der Waals surface area contributed by atoms with E-state index in [0.717, 1.165) is 0 Å². The van der Waals surface area contributed by atoms with Gasteiger partial charge in [-0.05, 0) is 19.1 Å². The van der Waals surface area contributed by atoms with E-state index < -0.39 is 5.97 Å². The summed E-state index contributed by atoms with van der Waals surface area (Å²) >= 11 is 0. The Morgan fingerprint density at radius 3 is 2.89 bits per heavy atom. The lowest BCUT2D eigenvalue weighted by Crippen LogP contribution is -2.36. The minimum absolute atomic E-state index is 0.0897. The van der Waals surface area contributed by atoms with Crippen LogP contribution in [-0.2, 0) is 9.53 Å². The van der Waals surface area contributed by atoms with Crippen molar-refractivity contribution in [2.45, 2.75) is 6.92 Å². The van der Waals surface area contributed by atoms with Crippen LogP contribution in [0.4, 0.5) is 0 Å². The van der Waals surface area contributed by atoms with E-state index in [1.807, 2.05) is 0 Å². The van der Waals surface area contributed by atoms with E-state index in [9.17, 15) is 9.59 Å². The van der Waals surface area contributed by atoms with E-state index in [4.69, 9.17) is 4.74 Å². The van der Waals surface area contributed by atoms with Crippen LogP contribution >= 0.6 is 0 Å². The molecule has 96 valence electrons. The molecule has 5 nitrogen and oxygen atoms in total. The van der Waals surface area contributed by atoms with Gasteiger partial charge in [0.05, 0.1) is 12.2 Å². The normalized spacial score (nSPS) is 9.61. The molecule has 5 heteroatoms. The van der Waals surface area contributed by atoms with Crippen LogP contribution in [0.1, 0.15) is 17.3 Å². The van der Waals surface area contributed by atoms with Crippen molar-refractivity contribution in [2.24, 2.45) is 0 Å². The van der Waals surface area contributed by atoms with Gasteiger partial charge in [-0.25, -0.2) is 0 Å². The van der Waals surface area contributed by atoms with Crippen molar-refractivity contribution in [3.8, 4) is 0 Å². The van der Waals surface area contributed by atoms with Gasteiger partial charge >= 0.3 is 5.97 Å². The maximum atomic E-state index is 12.1. The van der Waals surface area contributed by atoms with Crippen molar-refractivity contribution in [1.82, 2.24) is 9.88 Å². The number of hydrogen-bond donors (Lipinski definition) is 0. The highest BCUT2D eigenvalue weighted by atomic mass is 16.5. The first kappa shape index (κ1) is 13.9. The van der Waals surface area contributed by atoms with Crippen LogP contribution in [0.15, 0.2) is 37.2 Å². The first-order valence-electron chi connectivity index (χ1n) is 5.64. The molecule has 1 aromatic heterocycles. The van der Waals surface area contributed by atoms with Crippen LogP contribution < -0.4 is 0 Å². The van der Waals surface area contributed by atoms with Gasteiger partial charge in [0.25, 0.3) is 5.91 Å². The predicted molar refractivity (Wildman–Crippen MR) is 67.0 cm³/mol. The summed E-state index contributed by atoms with van der Waals surface area (Å²) in [6, 6.07) is 3.32. The molecule has 0 aliphatic heterocycles. The first-order valence-corrected chi connectivity index (χ1v) is 5.64. The monoisotopic (exact) mass is 248 g/mol. The number of pyridine rings is 1. The molecule has 0 bridgehead atoms. The number of ether oxygens (including phenoxy) is 1. The Morgan fingerprint density at radius 1 is 1.56 bits per heavy atom. The SMILES string of the molecule is C=CCN(CC(=O)OCC)C(=O)c1cccnc1. The standard InChI is InChI=1S/C13H16N2O3/c1-3-8-15(10-12(16)18-4-2)13(17)11-6-5-7-14-9-11/h3,5-7,9H,1,4,8,10H2,2H3. The minimum Gasteiger partial charge on any atom is -0.465 e. The summed E-state index contributed by atoms with van der Waals surface area (Å²) in [5.74, 6) is -0.701. The number of rotatable bonds is 6. The van der Waals surface area contributed by atoms with Gasteiger partial charge < -0.3 is 9.64 Å². The van der Waals surface area contributed by atoms with Crippen LogP contribution in [-0.4, -0.2) is 41.5 Å². The highest BCUT2D eigenvalue weighted by Gasteiger charge is 2.18. The van der Waals surface area contributed by atoms with E-state index >= 15 is 0 Å². The number of amides is 1. The summed E-state index contributed by atoms with van der Waals surface area (Å²) in [7, 11) is 0. The molecule has 0 radical (unpaired) electrons. The maximum absolute atomic E-state index is 12.1. The Balaban J connectivity index is 2.75. The number of aromatic nitrogens is 1. The molecule has 1 aromatic rings. The average molecular weight is 248 g/mol. The van der Waals surface area contributed by atoms with Gasteiger partial charge in [0, 0.05) is 18.9 Å². The topological polar surface area (TPSA) is 59.5 Å². The molecule has 0 saturated carbocycles. The van der Waals surface area contributed by atoms with Crippen LogP contribution in [0, 0.1) is 0 Å². The Hall–Kier alpha value is -2.17. The van der Waals surface area contributed by atoms with Gasteiger partial charge in [-0.15, -0.1) is 6.58 Å². The van der Waals surface area contributed by atoms with E-state index in [0.29, 0.717) is 12.2 Å². The third-order valence-corrected chi connectivity index (χ3v) is 2.17. The van der Waals surface area contributed by atoms with Gasteiger partial charge in [-0.1, -0.05) is 6.08 Å². The minimum atomic E-state index is -0.434. The molecule has 0 N–H and O–H groups in total. The zero-order valence-electron chi connectivity index (χ0n) is 10.3.